The third-order valence-corrected chi connectivity index (χ3v) is 5.05. The number of aromatic nitrogens is 2. The van der Waals surface area contributed by atoms with Crippen molar-refractivity contribution in [2.24, 2.45) is 0 Å². The molecule has 4 rings (SSSR count). The Kier molecular flexibility index (Phi) is 6.12. The second kappa shape index (κ2) is 9.48. The zero-order chi connectivity index (χ0) is 21.5. The second-order valence-electron chi connectivity index (χ2n) is 6.33. The molecule has 0 aliphatic rings. The molecular weight excluding hydrogens is 408 g/mol. The molecule has 7 heteroatoms. The molecule has 2 aromatic heterocycles. The Hall–Kier alpha value is -4.28. The monoisotopic (exact) mass is 424 g/mol. The average molecular weight is 424 g/mol. The number of amides is 1. The van der Waals surface area contributed by atoms with Gasteiger partial charge in [-0.05, 0) is 42.5 Å². The number of carbonyl (C=O) groups excluding carboxylic acids is 1. The molecule has 0 bridgehead atoms. The first-order chi connectivity index (χ1) is 15.2. The number of rotatable bonds is 6. The molecule has 2 aromatic carbocycles. The summed E-state index contributed by atoms with van der Waals surface area (Å²) in [5.74, 6) is 0.578. The fraction of sp³-hybridized carbons (Fsp3) is 0. The lowest BCUT2D eigenvalue weighted by molar-refractivity contribution is -0.112. The second-order valence-corrected chi connectivity index (χ2v) is 7.19. The van der Waals surface area contributed by atoms with Crippen molar-refractivity contribution < 1.29 is 9.53 Å². The van der Waals surface area contributed by atoms with Crippen LogP contribution in [0.1, 0.15) is 5.69 Å². The smallest absolute Gasteiger partial charge is 0.266 e. The van der Waals surface area contributed by atoms with E-state index in [2.05, 4.69) is 15.3 Å². The minimum Gasteiger partial charge on any atom is -0.455 e. The van der Waals surface area contributed by atoms with Crippen LogP contribution in [0, 0.1) is 11.3 Å². The Morgan fingerprint density at radius 3 is 2.58 bits per heavy atom. The Morgan fingerprint density at radius 2 is 1.81 bits per heavy atom. The summed E-state index contributed by atoms with van der Waals surface area (Å²) in [5, 5.41) is 14.8. The molecule has 0 saturated heterocycles. The first-order valence-electron chi connectivity index (χ1n) is 9.35. The van der Waals surface area contributed by atoms with Gasteiger partial charge < -0.3 is 10.1 Å². The molecule has 2 heterocycles. The highest BCUT2D eigenvalue weighted by Gasteiger charge is 2.14. The number of nitrogens with zero attached hydrogens (tertiary/aromatic N) is 3. The molecular formula is C24H16N4O2S. The highest BCUT2D eigenvalue weighted by Crippen LogP contribution is 2.29. The first kappa shape index (κ1) is 20.0. The van der Waals surface area contributed by atoms with Crippen molar-refractivity contribution in [1.82, 2.24) is 9.97 Å². The van der Waals surface area contributed by atoms with Crippen LogP contribution in [0.5, 0.6) is 11.5 Å². The fourth-order valence-electron chi connectivity index (χ4n) is 2.72. The van der Waals surface area contributed by atoms with E-state index in [1.54, 1.807) is 29.8 Å². The van der Waals surface area contributed by atoms with Gasteiger partial charge in [-0.15, -0.1) is 11.3 Å². The van der Waals surface area contributed by atoms with Crippen LogP contribution in [0.4, 0.5) is 5.69 Å². The van der Waals surface area contributed by atoms with E-state index in [1.807, 2.05) is 60.7 Å². The van der Waals surface area contributed by atoms with Crippen molar-refractivity contribution in [3.05, 3.63) is 95.6 Å². The quantitative estimate of drug-likeness (QED) is 0.324. The number of para-hydroxylation sites is 3. The zero-order valence-corrected chi connectivity index (χ0v) is 17.0. The van der Waals surface area contributed by atoms with Crippen molar-refractivity contribution in [3.8, 4) is 28.3 Å². The summed E-state index contributed by atoms with van der Waals surface area (Å²) in [5.41, 5.74) is 1.66. The van der Waals surface area contributed by atoms with Crippen LogP contribution < -0.4 is 10.1 Å². The molecule has 0 fully saturated rings. The van der Waals surface area contributed by atoms with Crippen LogP contribution in [0.3, 0.4) is 0 Å². The molecule has 4 aromatic rings. The zero-order valence-electron chi connectivity index (χ0n) is 16.2. The molecule has 0 aliphatic heterocycles. The number of nitrogens with one attached hydrogen (secondary N) is 1. The molecule has 0 aliphatic carbocycles. The molecule has 0 saturated carbocycles. The lowest BCUT2D eigenvalue weighted by Crippen LogP contribution is -2.14. The number of ether oxygens (including phenoxy) is 1. The van der Waals surface area contributed by atoms with Gasteiger partial charge in [0, 0.05) is 11.6 Å². The summed E-state index contributed by atoms with van der Waals surface area (Å²) in [7, 11) is 0. The predicted octanol–water partition coefficient (Wildman–Crippen LogP) is 5.54. The van der Waals surface area contributed by atoms with Gasteiger partial charge in [-0.1, -0.05) is 36.4 Å². The molecule has 6 nitrogen and oxygen atoms in total. The van der Waals surface area contributed by atoms with Gasteiger partial charge in [-0.3, -0.25) is 9.78 Å². The third-order valence-electron chi connectivity index (χ3n) is 4.17. The van der Waals surface area contributed by atoms with Crippen LogP contribution in [0.2, 0.25) is 0 Å². The molecule has 150 valence electrons. The highest BCUT2D eigenvalue weighted by molar-refractivity contribution is 7.13. The summed E-state index contributed by atoms with van der Waals surface area (Å²) in [6.45, 7) is 0. The van der Waals surface area contributed by atoms with Gasteiger partial charge in [0.1, 0.15) is 22.4 Å². The largest absolute Gasteiger partial charge is 0.455 e. The van der Waals surface area contributed by atoms with Gasteiger partial charge in [0.2, 0.25) is 0 Å². The Bertz CT molecular complexity index is 1260. The minimum atomic E-state index is -0.543. The predicted molar refractivity (Wildman–Crippen MR) is 121 cm³/mol. The minimum absolute atomic E-state index is 0.0626. The number of anilines is 1. The number of thiazole rings is 1. The highest BCUT2D eigenvalue weighted by atomic mass is 32.1. The number of carbonyl (C=O) groups is 1. The Labute approximate surface area is 183 Å². The number of hydrogen-bond donors (Lipinski definition) is 1. The average Bonchev–Trinajstić information content (AvgIpc) is 3.29. The van der Waals surface area contributed by atoms with Crippen LogP contribution in [0.25, 0.3) is 16.8 Å². The van der Waals surface area contributed by atoms with Gasteiger partial charge >= 0.3 is 0 Å². The Balaban J connectivity index is 1.53. The molecule has 1 N–H and O–H groups in total. The van der Waals surface area contributed by atoms with E-state index in [0.29, 0.717) is 27.9 Å². The maximum absolute atomic E-state index is 12.7. The summed E-state index contributed by atoms with van der Waals surface area (Å²) in [6, 6.07) is 23.8. The molecule has 0 unspecified atom stereocenters. The van der Waals surface area contributed by atoms with Crippen molar-refractivity contribution in [3.63, 3.8) is 0 Å². The molecule has 1 amide bonds. The van der Waals surface area contributed by atoms with Crippen molar-refractivity contribution >= 4 is 29.0 Å². The summed E-state index contributed by atoms with van der Waals surface area (Å²) in [4.78, 5) is 21.5. The van der Waals surface area contributed by atoms with E-state index >= 15 is 0 Å². The number of pyridine rings is 1. The van der Waals surface area contributed by atoms with Crippen LogP contribution >= 0.6 is 11.3 Å². The summed E-state index contributed by atoms with van der Waals surface area (Å²) < 4.78 is 5.86. The van der Waals surface area contributed by atoms with Crippen LogP contribution in [0.15, 0.2) is 89.9 Å². The van der Waals surface area contributed by atoms with Gasteiger partial charge in [0.15, 0.2) is 5.75 Å². The summed E-state index contributed by atoms with van der Waals surface area (Å²) in [6.07, 6.45) is 3.15. The van der Waals surface area contributed by atoms with Crippen molar-refractivity contribution in [2.75, 3.05) is 5.32 Å². The van der Waals surface area contributed by atoms with Gasteiger partial charge in [-0.25, -0.2) is 4.98 Å². The lowest BCUT2D eigenvalue weighted by Gasteiger charge is -2.11. The van der Waals surface area contributed by atoms with Crippen LogP contribution in [-0.2, 0) is 4.79 Å². The molecule has 0 spiro atoms. The molecule has 0 atom stereocenters. The van der Waals surface area contributed by atoms with Gasteiger partial charge in [0.25, 0.3) is 5.91 Å². The number of hydrogen-bond acceptors (Lipinski definition) is 6. The maximum atomic E-state index is 12.7. The molecule has 0 radical (unpaired) electrons. The lowest BCUT2D eigenvalue weighted by atomic mass is 10.2. The number of nitriles is 1. The first-order valence-corrected chi connectivity index (χ1v) is 10.2. The van der Waals surface area contributed by atoms with Gasteiger partial charge in [0.05, 0.1) is 17.1 Å². The number of benzene rings is 2. The SMILES string of the molecule is N#C/C(=C\c1csc(-c2ccccn2)n1)C(=O)Nc1ccccc1Oc1ccccc1. The van der Waals surface area contributed by atoms with Crippen molar-refractivity contribution in [1.29, 1.82) is 5.26 Å². The van der Waals surface area contributed by atoms with E-state index in [9.17, 15) is 10.1 Å². The normalized spacial score (nSPS) is 10.9. The standard InChI is InChI=1S/C24H16N4O2S/c25-15-17(14-18-16-31-24(27-18)21-11-6-7-13-26-21)23(29)28-20-10-4-5-12-22(20)30-19-8-2-1-3-9-19/h1-14,16H,(H,28,29)/b17-14+. The molecule has 31 heavy (non-hydrogen) atoms. The van der Waals surface area contributed by atoms with E-state index in [4.69, 9.17) is 4.74 Å². The Morgan fingerprint density at radius 1 is 1.03 bits per heavy atom. The van der Waals surface area contributed by atoms with Crippen molar-refractivity contribution in [2.45, 2.75) is 0 Å². The van der Waals surface area contributed by atoms with Gasteiger partial charge in [-0.2, -0.15) is 5.26 Å². The fourth-order valence-corrected chi connectivity index (χ4v) is 3.47. The summed E-state index contributed by atoms with van der Waals surface area (Å²) >= 11 is 1.40. The van der Waals surface area contributed by atoms with Crippen LogP contribution in [-0.4, -0.2) is 15.9 Å². The topological polar surface area (TPSA) is 87.9 Å². The van der Waals surface area contributed by atoms with E-state index in [-0.39, 0.29) is 5.57 Å². The van der Waals surface area contributed by atoms with E-state index < -0.39 is 5.91 Å². The third kappa shape index (κ3) is 5.01. The van der Waals surface area contributed by atoms with E-state index in [0.717, 1.165) is 5.69 Å². The van der Waals surface area contributed by atoms with E-state index in [1.165, 1.54) is 17.4 Å². The maximum Gasteiger partial charge on any atom is 0.266 e.